The van der Waals surface area contributed by atoms with E-state index in [1.54, 1.807) is 83.1 Å². The minimum absolute atomic E-state index is 0.0477. The Kier molecular flexibility index (Phi) is 56.1. The monoisotopic (exact) mass is 1990 g/mol. The van der Waals surface area contributed by atoms with E-state index in [1.165, 1.54) is 52.5 Å². The van der Waals surface area contributed by atoms with E-state index in [4.69, 9.17) is 17.2 Å². The van der Waals surface area contributed by atoms with Crippen LogP contribution in [0.15, 0.2) is 23.5 Å². The zero-order chi connectivity index (χ0) is 107. The van der Waals surface area contributed by atoms with Crippen molar-refractivity contribution in [2.45, 2.75) is 363 Å². The summed E-state index contributed by atoms with van der Waals surface area (Å²) in [6.45, 7) is 28.9. The third-order valence-electron chi connectivity index (χ3n) is 23.9. The second-order valence-corrected chi connectivity index (χ2v) is 38.6. The number of unbranched alkanes of at least 4 members (excludes halogenated alkanes) is 3. The van der Waals surface area contributed by atoms with Gasteiger partial charge in [-0.05, 0) is 158 Å². The van der Waals surface area contributed by atoms with E-state index >= 15 is 9.59 Å². The van der Waals surface area contributed by atoms with Crippen LogP contribution in [0.1, 0.15) is 254 Å². The van der Waals surface area contributed by atoms with E-state index in [0.29, 0.717) is 24.2 Å². The summed E-state index contributed by atoms with van der Waals surface area (Å²) in [7, 11) is 0. The van der Waals surface area contributed by atoms with Crippen LogP contribution in [0.5, 0.6) is 0 Å². The van der Waals surface area contributed by atoms with Crippen molar-refractivity contribution < 1.29 is 121 Å². The molecule has 140 heavy (non-hydrogen) atoms. The summed E-state index contributed by atoms with van der Waals surface area (Å²) in [5.74, 6) is -25.1. The van der Waals surface area contributed by atoms with Gasteiger partial charge in [0.25, 0.3) is 17.7 Å². The number of imide groups is 1. The number of nitrogens with one attached hydrogen (secondary N) is 16. The van der Waals surface area contributed by atoms with Crippen LogP contribution in [0, 0.1) is 47.3 Å². The number of rotatable bonds is 57. The fraction of sp³-hybridized carbons (Fsp3) is 0.745. The molecule has 0 saturated carbocycles. The minimum Gasteiger partial charge on any atom is -0.396 e. The molecule has 46 nitrogen and oxygen atoms in total. The van der Waals surface area contributed by atoms with Gasteiger partial charge in [-0.1, -0.05) is 156 Å². The maximum atomic E-state index is 15.4. The Morgan fingerprint density at radius 3 is 1.28 bits per heavy atom. The number of hydrogen-bond acceptors (Lipinski definition) is 27. The summed E-state index contributed by atoms with van der Waals surface area (Å²) in [5.41, 5.74) is 16.5. The quantitative estimate of drug-likeness (QED) is 0.0205. The van der Waals surface area contributed by atoms with Crippen molar-refractivity contribution in [1.82, 2.24) is 94.9 Å². The molecule has 0 spiro atoms. The van der Waals surface area contributed by atoms with Crippen molar-refractivity contribution in [1.29, 1.82) is 0 Å². The molecule has 2 rings (SSSR count). The Hall–Kier alpha value is -11.2. The number of nitrogens with zero attached hydrogens (tertiary/aromatic N) is 2. The first-order valence-corrected chi connectivity index (χ1v) is 48.9. The highest BCUT2D eigenvalue weighted by atomic mass is 16.3. The predicted octanol–water partition coefficient (Wildman–Crippen LogP) is -3.83. The molecule has 0 aromatic carbocycles. The summed E-state index contributed by atoms with van der Waals surface area (Å²) < 4.78 is 0. The van der Waals surface area contributed by atoms with E-state index in [1.807, 2.05) is 6.92 Å². The number of hydrogen-bond donors (Lipinski definition) is 24. The van der Waals surface area contributed by atoms with Gasteiger partial charge in [0.2, 0.25) is 100 Å². The van der Waals surface area contributed by atoms with Gasteiger partial charge >= 0.3 is 0 Å². The first kappa shape index (κ1) is 125. The Labute approximate surface area is 821 Å². The number of carbonyl (C=O) groups is 20. The molecule has 0 aromatic rings. The van der Waals surface area contributed by atoms with Crippen LogP contribution in [0.2, 0.25) is 0 Å². The van der Waals surface area contributed by atoms with E-state index in [0.717, 1.165) is 25.8 Å². The van der Waals surface area contributed by atoms with Crippen LogP contribution in [0.25, 0.3) is 0 Å². The van der Waals surface area contributed by atoms with E-state index in [9.17, 15) is 112 Å². The van der Waals surface area contributed by atoms with Crippen molar-refractivity contribution in [3.63, 3.8) is 0 Å². The van der Waals surface area contributed by atoms with Gasteiger partial charge in [0.15, 0.2) is 0 Å². The number of carbonyl (C=O) groups excluding carboxylic acids is 20. The van der Waals surface area contributed by atoms with Crippen LogP contribution in [-0.4, -0.2) is 302 Å². The molecule has 0 bridgehead atoms. The van der Waals surface area contributed by atoms with Crippen molar-refractivity contribution in [3.05, 3.63) is 23.5 Å². The number of nitrogens with two attached hydrogens (primary N) is 3. The summed E-state index contributed by atoms with van der Waals surface area (Å²) in [6.07, 6.45) is 0.993. The highest BCUT2D eigenvalue weighted by Gasteiger charge is 2.48. The molecule has 2 unspecified atom stereocenters. The van der Waals surface area contributed by atoms with Gasteiger partial charge in [-0.15, -0.1) is 0 Å². The van der Waals surface area contributed by atoms with Crippen molar-refractivity contribution >= 4 is 118 Å². The summed E-state index contributed by atoms with van der Waals surface area (Å²) in [5, 5.41) is 93.8. The van der Waals surface area contributed by atoms with Gasteiger partial charge < -0.3 is 133 Å². The molecule has 2 aliphatic rings. The Morgan fingerprint density at radius 2 is 0.857 bits per heavy atom. The smallest absolute Gasteiger partial charge is 0.277 e. The molecule has 2 saturated heterocycles. The molecular weight excluding hydrogens is 1820 g/mol. The lowest BCUT2D eigenvalue weighted by Gasteiger charge is -2.36. The molecule has 46 heteroatoms. The SMILES string of the molecule is C/C=C(/NC(=O)CC(O)CCCCC)C(=O)N1CCC[C@@H]1C(=O)N[C@H](CO)C(=O)N[C@H](CC(C)C)C(=O)N[C@@H](C(=O)N[C@H](CO)C(=O)N[C@H](CC(C)C)C(=O)N[C@@H](C(=O)N[C@H](C(=O)N[C@H](CCC(N)=O)C(=O)N[C@@H](CC(C)C)C(=O)N[C@@H](C(=O)N/C(=C/C)C(=O)N1C(=O)[C@H](CCCCN)NC(=O)[C@@H](CCN)NC(=O)[C@H](CCO)NC(=O)[C@H]([C@@H](C)CC)NC(=O)[C@H]1C(C)O)C(C)C)C(C)C)C(C)C)C(C)C. The lowest BCUT2D eigenvalue weighted by Crippen LogP contribution is -2.64. The van der Waals surface area contributed by atoms with E-state index in [2.05, 4.69) is 85.1 Å². The van der Waals surface area contributed by atoms with Crippen LogP contribution < -0.4 is 102 Å². The normalized spacial score (nSPS) is 19.8. The first-order chi connectivity index (χ1) is 65.7. The molecular formula is C94H163N21O25. The summed E-state index contributed by atoms with van der Waals surface area (Å²) in [4.78, 5) is 288. The topological polar surface area (TPSA) is 720 Å². The fourth-order valence-corrected chi connectivity index (χ4v) is 15.6. The maximum Gasteiger partial charge on any atom is 0.277 e. The first-order valence-electron chi connectivity index (χ1n) is 48.9. The molecule has 0 aromatic heterocycles. The number of aliphatic hydroxyl groups excluding tert-OH is 5. The summed E-state index contributed by atoms with van der Waals surface area (Å²) in [6, 6.07) is -25.4. The molecule has 2 fully saturated rings. The van der Waals surface area contributed by atoms with Crippen molar-refractivity contribution in [2.75, 3.05) is 39.5 Å². The average molecular weight is 1990 g/mol. The summed E-state index contributed by atoms with van der Waals surface area (Å²) >= 11 is 0. The highest BCUT2D eigenvalue weighted by Crippen LogP contribution is 2.24. The number of likely N-dealkylation sites (tertiary alicyclic amines) is 1. The lowest BCUT2D eigenvalue weighted by atomic mass is 9.96. The van der Waals surface area contributed by atoms with E-state index in [-0.39, 0.29) is 108 Å². The van der Waals surface area contributed by atoms with E-state index < -0.39 is 301 Å². The van der Waals surface area contributed by atoms with Crippen molar-refractivity contribution in [2.24, 2.45) is 64.5 Å². The molecule has 2 heterocycles. The molecule has 19 atom stereocenters. The van der Waals surface area contributed by atoms with Gasteiger partial charge in [-0.2, -0.15) is 0 Å². The third-order valence-corrected chi connectivity index (χ3v) is 23.9. The number of aliphatic hydroxyl groups is 5. The van der Waals surface area contributed by atoms with Gasteiger partial charge in [0.05, 0.1) is 31.8 Å². The van der Waals surface area contributed by atoms with Gasteiger partial charge in [-0.25, -0.2) is 0 Å². The molecule has 794 valence electrons. The second-order valence-electron chi connectivity index (χ2n) is 38.6. The minimum atomic E-state index is -2.25. The lowest BCUT2D eigenvalue weighted by molar-refractivity contribution is -0.156. The molecule has 27 N–H and O–H groups in total. The Balaban J connectivity index is 2.52. The number of amides is 20. The fourth-order valence-electron chi connectivity index (χ4n) is 15.6. The average Bonchev–Trinajstić information content (AvgIpc) is 0.854. The second kappa shape index (κ2) is 62.9. The molecule has 20 amide bonds. The van der Waals surface area contributed by atoms with Crippen LogP contribution in [-0.2, 0) is 95.9 Å². The molecule has 0 radical (unpaired) electrons. The van der Waals surface area contributed by atoms with Gasteiger partial charge in [0.1, 0.15) is 108 Å². The number of primary amides is 1. The standard InChI is InChI=1S/C94H163N21O25/c1-21-25-26-30-56(120)44-70(122)98-57(23-3)92(138)114-39-29-32-68(114)85(131)107-66(45-117)83(129)105-64(42-48(7)8)81(127)110-72(51(13)14)88(134)108-67(46-118)84(130)106-65(43-49(9)10)82(128)111-74(53(17)18)89(135)112-73(52(15)16)87(133)101-59(33-34-69(97)121)77(123)104-63(41-47(5)6)80(126)109-71(50(11)12)86(132)99-58(24-4)93(139)115-76(55(20)119)91(137)113-75(54(19)22-2)90(136)102-61(36-40-116)79(125)100-60(35-38-96)78(124)103-62(94(115)140)31-27-28-37-95/h23-24,47-56,59-68,71-76,116-120H,21-22,25-46,95-96H2,1-20H3,(H2,97,121)(H,98,122)(H,99,132)(H,100,125)(H,101,133)(H,102,136)(H,103,124)(H,104,123)(H,105,129)(H,106,130)(H,107,131)(H,108,134)(H,109,126)(H,110,127)(H,111,128)(H,112,135)(H,113,137)/b57-23+,58-24+/t54-,55?,56?,59+,60+,61-,62-,63-,64+,65+,66+,67+,68+,71+,72+,73-,74+,75-,76+/m0/s1. The van der Waals surface area contributed by atoms with Crippen molar-refractivity contribution in [3.8, 4) is 0 Å². The number of allylic oxidation sites excluding steroid dienone is 2. The highest BCUT2D eigenvalue weighted by molar-refractivity contribution is 6.12. The largest absolute Gasteiger partial charge is 0.396 e. The molecule has 0 aliphatic carbocycles. The van der Waals surface area contributed by atoms with Crippen LogP contribution in [0.3, 0.4) is 0 Å². The molecule has 2 aliphatic heterocycles. The van der Waals surface area contributed by atoms with Crippen LogP contribution >= 0.6 is 0 Å². The zero-order valence-corrected chi connectivity index (χ0v) is 85.2. The zero-order valence-electron chi connectivity index (χ0n) is 85.2. The Morgan fingerprint density at radius 1 is 0.443 bits per heavy atom. The van der Waals surface area contributed by atoms with Crippen LogP contribution in [0.4, 0.5) is 0 Å². The Bertz CT molecular complexity index is 4240. The van der Waals surface area contributed by atoms with Gasteiger partial charge in [-0.3, -0.25) is 101 Å². The van der Waals surface area contributed by atoms with Gasteiger partial charge in [0, 0.05) is 19.6 Å². The third kappa shape index (κ3) is 40.8. The maximum absolute atomic E-state index is 15.4. The predicted molar refractivity (Wildman–Crippen MR) is 516 cm³/mol.